The number of azo groups is 1. The van der Waals surface area contributed by atoms with Crippen LogP contribution in [-0.4, -0.2) is 10.9 Å². The number of hydrogen-bond acceptors (Lipinski definition) is 5. The van der Waals surface area contributed by atoms with Crippen molar-refractivity contribution in [3.05, 3.63) is 111 Å². The van der Waals surface area contributed by atoms with E-state index in [-0.39, 0.29) is 29.1 Å². The number of aliphatic hydroxyl groups excluding tert-OH is 1. The number of ketones is 1. The lowest BCUT2D eigenvalue weighted by Crippen LogP contribution is -2.12. The average Bonchev–Trinajstić information content (AvgIpc) is 3.36. The summed E-state index contributed by atoms with van der Waals surface area (Å²) in [6, 6.07) is 21.1. The molecule has 0 saturated heterocycles. The van der Waals surface area contributed by atoms with Gasteiger partial charge in [-0.2, -0.15) is 10.2 Å². The normalized spacial score (nSPS) is 21.0. The number of aliphatic hydroxyl groups is 1. The molecule has 0 bridgehead atoms. The maximum absolute atomic E-state index is 12.9. The fourth-order valence-corrected chi connectivity index (χ4v) is 4.58. The Bertz CT molecular complexity index is 1140. The van der Waals surface area contributed by atoms with E-state index in [1.165, 1.54) is 0 Å². The van der Waals surface area contributed by atoms with Crippen LogP contribution < -0.4 is 0 Å². The largest absolute Gasteiger partial charge is 0.506 e. The van der Waals surface area contributed by atoms with Crippen LogP contribution in [0.3, 0.4) is 0 Å². The fraction of sp³-hybridized carbons (Fsp3) is 0.0870. The van der Waals surface area contributed by atoms with Gasteiger partial charge in [0.1, 0.15) is 11.8 Å². The Morgan fingerprint density at radius 1 is 0.893 bits per heavy atom. The molecule has 0 saturated carbocycles. The fourth-order valence-electron chi connectivity index (χ4n) is 3.77. The SMILES string of the molecule is O=C1C(C2=C[C@@H](c3ccccc3)[C@@H](c3cccs3)N=N2)=C(O)c2ccccc21. The van der Waals surface area contributed by atoms with Crippen molar-refractivity contribution in [3.63, 3.8) is 0 Å². The van der Waals surface area contributed by atoms with Crippen LogP contribution in [-0.2, 0) is 0 Å². The van der Waals surface area contributed by atoms with E-state index in [9.17, 15) is 9.90 Å². The number of rotatable bonds is 3. The van der Waals surface area contributed by atoms with Gasteiger partial charge in [0.15, 0.2) is 5.78 Å². The van der Waals surface area contributed by atoms with Gasteiger partial charge >= 0.3 is 0 Å². The number of benzene rings is 2. The number of thiophene rings is 1. The Hall–Kier alpha value is -3.31. The summed E-state index contributed by atoms with van der Waals surface area (Å²) in [6.07, 6.45) is 1.96. The summed E-state index contributed by atoms with van der Waals surface area (Å²) >= 11 is 1.64. The Kier molecular flexibility index (Phi) is 4.02. The highest BCUT2D eigenvalue weighted by Crippen LogP contribution is 2.44. The lowest BCUT2D eigenvalue weighted by Gasteiger charge is -2.24. The van der Waals surface area contributed by atoms with E-state index in [0.29, 0.717) is 16.8 Å². The molecule has 0 fully saturated rings. The highest BCUT2D eigenvalue weighted by atomic mass is 32.1. The minimum absolute atomic E-state index is 0.0211. The van der Waals surface area contributed by atoms with Crippen molar-refractivity contribution in [3.8, 4) is 0 Å². The van der Waals surface area contributed by atoms with Crippen molar-refractivity contribution < 1.29 is 9.90 Å². The van der Waals surface area contributed by atoms with Crippen LogP contribution in [0.2, 0.25) is 0 Å². The van der Waals surface area contributed by atoms with Crippen molar-refractivity contribution >= 4 is 22.9 Å². The number of Topliss-reactive ketones (excluding diaryl/α,β-unsaturated/α-hetero) is 1. The molecule has 0 radical (unpaired) electrons. The maximum atomic E-state index is 12.9. The summed E-state index contributed by atoms with van der Waals surface area (Å²) in [7, 11) is 0. The molecule has 0 unspecified atom stereocenters. The van der Waals surface area contributed by atoms with Crippen LogP contribution >= 0.6 is 11.3 Å². The van der Waals surface area contributed by atoms with E-state index in [2.05, 4.69) is 28.4 Å². The predicted octanol–water partition coefficient (Wildman–Crippen LogP) is 6.09. The first-order chi connectivity index (χ1) is 13.7. The molecule has 1 aromatic heterocycles. The summed E-state index contributed by atoms with van der Waals surface area (Å²) in [5.74, 6) is -0.295. The molecule has 5 rings (SSSR count). The number of carbonyl (C=O) groups is 1. The third-order valence-corrected chi connectivity index (χ3v) is 6.08. The van der Waals surface area contributed by atoms with E-state index in [1.54, 1.807) is 29.5 Å². The standard InChI is InChI=1S/C23H16N2O2S/c26-22-15-9-4-5-10-16(15)23(27)20(22)18-13-17(14-7-2-1-3-8-14)21(25-24-18)19-11-6-12-28-19/h1-13,17,21,26H/t17-,21-/m0/s1. The van der Waals surface area contributed by atoms with Crippen molar-refractivity contribution in [2.24, 2.45) is 10.2 Å². The smallest absolute Gasteiger partial charge is 0.199 e. The summed E-state index contributed by atoms with van der Waals surface area (Å²) < 4.78 is 0. The molecule has 2 atom stereocenters. The minimum Gasteiger partial charge on any atom is -0.506 e. The van der Waals surface area contributed by atoms with Crippen molar-refractivity contribution in [1.82, 2.24) is 0 Å². The molecule has 2 heterocycles. The molecular weight excluding hydrogens is 368 g/mol. The van der Waals surface area contributed by atoms with Crippen LogP contribution in [0, 0.1) is 0 Å². The van der Waals surface area contributed by atoms with E-state index < -0.39 is 0 Å². The first-order valence-corrected chi connectivity index (χ1v) is 9.91. The van der Waals surface area contributed by atoms with Crippen molar-refractivity contribution in [1.29, 1.82) is 0 Å². The second kappa shape index (κ2) is 6.69. The molecule has 0 spiro atoms. The Morgan fingerprint density at radius 3 is 2.36 bits per heavy atom. The summed E-state index contributed by atoms with van der Waals surface area (Å²) in [5.41, 5.74) is 2.81. The van der Waals surface area contributed by atoms with Crippen molar-refractivity contribution in [2.45, 2.75) is 12.0 Å². The molecule has 4 nitrogen and oxygen atoms in total. The average molecular weight is 384 g/mol. The quantitative estimate of drug-likeness (QED) is 0.594. The minimum atomic E-state index is -0.209. The van der Waals surface area contributed by atoms with Gasteiger partial charge in [0.05, 0.1) is 11.3 Å². The molecule has 136 valence electrons. The Morgan fingerprint density at radius 2 is 1.64 bits per heavy atom. The molecule has 28 heavy (non-hydrogen) atoms. The van der Waals surface area contributed by atoms with Gasteiger partial charge in [0, 0.05) is 21.9 Å². The molecule has 5 heteroatoms. The molecule has 2 aromatic carbocycles. The molecule has 1 aliphatic heterocycles. The zero-order valence-corrected chi connectivity index (χ0v) is 15.6. The summed E-state index contributed by atoms with van der Waals surface area (Å²) in [4.78, 5) is 14.0. The third-order valence-electron chi connectivity index (χ3n) is 5.13. The lowest BCUT2D eigenvalue weighted by molar-refractivity contribution is 0.103. The first kappa shape index (κ1) is 16.8. The highest BCUT2D eigenvalue weighted by Gasteiger charge is 2.35. The molecular formula is C23H16N2O2S. The number of fused-ring (bicyclic) bond motifs is 1. The second-order valence-electron chi connectivity index (χ2n) is 6.76. The molecule has 2 aliphatic rings. The zero-order chi connectivity index (χ0) is 19.1. The number of allylic oxidation sites excluding steroid dienone is 1. The molecule has 1 aliphatic carbocycles. The Labute approximate surface area is 166 Å². The van der Waals surface area contributed by atoms with Gasteiger partial charge in [0.2, 0.25) is 0 Å². The van der Waals surface area contributed by atoms with Crippen LogP contribution in [0.4, 0.5) is 0 Å². The molecule has 3 aromatic rings. The van der Waals surface area contributed by atoms with Gasteiger partial charge < -0.3 is 5.11 Å². The molecule has 0 amide bonds. The zero-order valence-electron chi connectivity index (χ0n) is 14.8. The van der Waals surface area contributed by atoms with Crippen LogP contribution in [0.1, 0.15) is 38.3 Å². The maximum Gasteiger partial charge on any atom is 0.199 e. The van der Waals surface area contributed by atoms with Crippen LogP contribution in [0.25, 0.3) is 5.76 Å². The summed E-state index contributed by atoms with van der Waals surface area (Å²) in [6.45, 7) is 0. The van der Waals surface area contributed by atoms with Gasteiger partial charge in [-0.1, -0.05) is 60.7 Å². The lowest BCUT2D eigenvalue weighted by atomic mass is 9.88. The van der Waals surface area contributed by atoms with E-state index in [4.69, 9.17) is 0 Å². The van der Waals surface area contributed by atoms with E-state index >= 15 is 0 Å². The monoisotopic (exact) mass is 384 g/mol. The van der Waals surface area contributed by atoms with Gasteiger partial charge in [-0.15, -0.1) is 11.3 Å². The van der Waals surface area contributed by atoms with E-state index in [0.717, 1.165) is 10.4 Å². The predicted molar refractivity (Wildman–Crippen MR) is 110 cm³/mol. The second-order valence-corrected chi connectivity index (χ2v) is 7.74. The van der Waals surface area contributed by atoms with Crippen LogP contribution in [0.5, 0.6) is 0 Å². The van der Waals surface area contributed by atoms with Crippen LogP contribution in [0.15, 0.2) is 99.7 Å². The molecule has 1 N–H and O–H groups in total. The highest BCUT2D eigenvalue weighted by molar-refractivity contribution is 7.10. The number of hydrogen-bond donors (Lipinski definition) is 1. The first-order valence-electron chi connectivity index (χ1n) is 9.03. The van der Waals surface area contributed by atoms with Gasteiger partial charge in [-0.25, -0.2) is 0 Å². The van der Waals surface area contributed by atoms with Gasteiger partial charge in [-0.05, 0) is 23.1 Å². The third kappa shape index (κ3) is 2.63. The topological polar surface area (TPSA) is 62.0 Å². The van der Waals surface area contributed by atoms with Crippen molar-refractivity contribution in [2.75, 3.05) is 0 Å². The van der Waals surface area contributed by atoms with E-state index in [1.807, 2.05) is 41.8 Å². The van der Waals surface area contributed by atoms with Gasteiger partial charge in [-0.3, -0.25) is 4.79 Å². The Balaban J connectivity index is 1.61. The number of carbonyl (C=O) groups excluding carboxylic acids is 1. The summed E-state index contributed by atoms with van der Waals surface area (Å²) in [5, 5.41) is 21.6. The van der Waals surface area contributed by atoms with Gasteiger partial charge in [0.25, 0.3) is 0 Å². The number of nitrogens with zero attached hydrogens (tertiary/aromatic N) is 2.